The summed E-state index contributed by atoms with van der Waals surface area (Å²) in [6, 6.07) is 12.8. The minimum Gasteiger partial charge on any atom is -0.488 e. The fourth-order valence-corrected chi connectivity index (χ4v) is 3.04. The summed E-state index contributed by atoms with van der Waals surface area (Å²) in [6.07, 6.45) is -2.21. The van der Waals surface area contributed by atoms with E-state index in [0.717, 1.165) is 11.6 Å². The molecule has 0 saturated carbocycles. The number of rotatable bonds is 11. The normalized spacial score (nSPS) is 13.0. The van der Waals surface area contributed by atoms with E-state index in [1.807, 2.05) is 6.07 Å². The van der Waals surface area contributed by atoms with Gasteiger partial charge in [0, 0.05) is 13.7 Å². The molecule has 0 fully saturated rings. The molecule has 1 amide bonds. The Hall–Kier alpha value is -3.04. The second kappa shape index (κ2) is 13.2. The number of nitrogens with one attached hydrogen (secondary N) is 1. The number of methoxy groups -OCH3 is 1. The number of benzene rings is 2. The Bertz CT molecular complexity index is 956. The molecule has 6 nitrogen and oxygen atoms in total. The van der Waals surface area contributed by atoms with Gasteiger partial charge in [-0.1, -0.05) is 48.6 Å². The molecule has 0 heterocycles. The van der Waals surface area contributed by atoms with Gasteiger partial charge in [-0.25, -0.2) is 4.79 Å². The molecule has 9 heteroatoms. The van der Waals surface area contributed by atoms with Gasteiger partial charge in [-0.3, -0.25) is 0 Å². The lowest BCUT2D eigenvalue weighted by molar-refractivity contribution is -0.139. The minimum atomic E-state index is -4.61. The van der Waals surface area contributed by atoms with Crippen LogP contribution < -0.4 is 10.1 Å². The standard InChI is InChI=1S/C26H32F3NO5/c1-25(2,3)35-24(31)30-15-9-8-12-22(34-18-32-4)20-13-14-23(21(16-20)26(27,28)29)33-17-19-10-6-5-7-11-19/h5-11,13-14,16,22H,12,15,17-18H2,1-4H3,(H,30,31)/b9-8+. The van der Waals surface area contributed by atoms with Crippen molar-refractivity contribution in [3.8, 4) is 5.75 Å². The van der Waals surface area contributed by atoms with E-state index < -0.39 is 29.5 Å². The van der Waals surface area contributed by atoms with Gasteiger partial charge < -0.3 is 24.3 Å². The molecule has 192 valence electrons. The lowest BCUT2D eigenvalue weighted by Gasteiger charge is -2.20. The first-order chi connectivity index (χ1) is 16.5. The van der Waals surface area contributed by atoms with E-state index in [2.05, 4.69) is 5.32 Å². The zero-order chi connectivity index (χ0) is 25.9. The van der Waals surface area contributed by atoms with Crippen LogP contribution in [0.15, 0.2) is 60.7 Å². The van der Waals surface area contributed by atoms with Gasteiger partial charge in [0.2, 0.25) is 0 Å². The summed E-state index contributed by atoms with van der Waals surface area (Å²) in [5.41, 5.74) is -0.408. The fourth-order valence-electron chi connectivity index (χ4n) is 3.04. The second-order valence-electron chi connectivity index (χ2n) is 8.68. The van der Waals surface area contributed by atoms with E-state index in [-0.39, 0.29) is 32.1 Å². The Labute approximate surface area is 204 Å². The lowest BCUT2D eigenvalue weighted by Crippen LogP contribution is -2.32. The summed E-state index contributed by atoms with van der Waals surface area (Å²) in [5, 5.41) is 2.58. The SMILES string of the molecule is COCOC(C/C=C/CNC(=O)OC(C)(C)C)c1ccc(OCc2ccccc2)c(C(F)(F)F)c1. The number of alkyl carbamates (subject to hydrolysis) is 1. The monoisotopic (exact) mass is 495 g/mol. The van der Waals surface area contributed by atoms with Crippen molar-refractivity contribution in [1.82, 2.24) is 5.32 Å². The van der Waals surface area contributed by atoms with E-state index in [0.29, 0.717) is 5.56 Å². The number of carbonyl (C=O) groups excluding carboxylic acids is 1. The maximum absolute atomic E-state index is 13.8. The molecule has 0 aromatic heterocycles. The van der Waals surface area contributed by atoms with E-state index in [4.69, 9.17) is 18.9 Å². The minimum absolute atomic E-state index is 0.0141. The van der Waals surface area contributed by atoms with E-state index in [1.54, 1.807) is 63.3 Å². The highest BCUT2D eigenvalue weighted by atomic mass is 19.4. The molecule has 0 aliphatic carbocycles. The third-order valence-electron chi connectivity index (χ3n) is 4.59. The maximum atomic E-state index is 13.8. The highest BCUT2D eigenvalue weighted by Gasteiger charge is 2.35. The van der Waals surface area contributed by atoms with Crippen LogP contribution in [0.4, 0.5) is 18.0 Å². The molecule has 2 aromatic rings. The molecular weight excluding hydrogens is 463 g/mol. The molecule has 2 rings (SSSR count). The summed E-state index contributed by atoms with van der Waals surface area (Å²) in [7, 11) is 1.43. The third kappa shape index (κ3) is 10.4. The first-order valence-corrected chi connectivity index (χ1v) is 11.1. The molecule has 0 aliphatic heterocycles. The number of amides is 1. The van der Waals surface area contributed by atoms with Gasteiger partial charge in [0.15, 0.2) is 0 Å². The van der Waals surface area contributed by atoms with Crippen LogP contribution in [-0.4, -0.2) is 32.1 Å². The van der Waals surface area contributed by atoms with Gasteiger partial charge in [0.25, 0.3) is 0 Å². The fraction of sp³-hybridized carbons (Fsp3) is 0.423. The van der Waals surface area contributed by atoms with Gasteiger partial charge in [0.05, 0.1) is 11.7 Å². The Morgan fingerprint density at radius 3 is 2.40 bits per heavy atom. The summed E-state index contributed by atoms with van der Waals surface area (Å²) in [5.74, 6) is -0.257. The predicted octanol–water partition coefficient (Wildman–Crippen LogP) is 6.42. The number of alkyl halides is 3. The molecular formula is C26H32F3NO5. The molecule has 0 saturated heterocycles. The van der Waals surface area contributed by atoms with Gasteiger partial charge >= 0.3 is 12.3 Å². The summed E-state index contributed by atoms with van der Waals surface area (Å²) in [4.78, 5) is 11.7. The zero-order valence-corrected chi connectivity index (χ0v) is 20.4. The average Bonchev–Trinajstić information content (AvgIpc) is 2.78. The molecule has 2 aromatic carbocycles. The molecule has 0 aliphatic rings. The van der Waals surface area contributed by atoms with E-state index in [9.17, 15) is 18.0 Å². The van der Waals surface area contributed by atoms with Crippen LogP contribution in [-0.2, 0) is 27.0 Å². The molecule has 0 radical (unpaired) electrons. The average molecular weight is 496 g/mol. The van der Waals surface area contributed by atoms with Gasteiger partial charge in [-0.15, -0.1) is 0 Å². The van der Waals surface area contributed by atoms with Crippen LogP contribution >= 0.6 is 0 Å². The van der Waals surface area contributed by atoms with Crippen molar-refractivity contribution in [1.29, 1.82) is 0 Å². The quantitative estimate of drug-likeness (QED) is 0.288. The Balaban J connectivity index is 2.11. The number of ether oxygens (including phenoxy) is 4. The Morgan fingerprint density at radius 1 is 1.06 bits per heavy atom. The van der Waals surface area contributed by atoms with Crippen molar-refractivity contribution in [3.05, 3.63) is 77.4 Å². The first kappa shape index (κ1) is 28.2. The van der Waals surface area contributed by atoms with Gasteiger partial charge in [-0.2, -0.15) is 13.2 Å². The van der Waals surface area contributed by atoms with Gasteiger partial charge in [0.1, 0.15) is 24.8 Å². The molecule has 0 spiro atoms. The summed E-state index contributed by atoms with van der Waals surface area (Å²) < 4.78 is 62.6. The Kier molecular flexibility index (Phi) is 10.6. The van der Waals surface area contributed by atoms with Crippen molar-refractivity contribution in [2.75, 3.05) is 20.4 Å². The Morgan fingerprint density at radius 2 is 1.77 bits per heavy atom. The highest BCUT2D eigenvalue weighted by molar-refractivity contribution is 5.67. The topological polar surface area (TPSA) is 66.0 Å². The van der Waals surface area contributed by atoms with Crippen LogP contribution in [0.25, 0.3) is 0 Å². The summed E-state index contributed by atoms with van der Waals surface area (Å²) in [6.45, 7) is 5.39. The van der Waals surface area contributed by atoms with Gasteiger partial charge in [-0.05, 0) is 50.5 Å². The molecule has 1 atom stereocenters. The number of carbonyl (C=O) groups is 1. The van der Waals surface area contributed by atoms with Crippen LogP contribution in [0.2, 0.25) is 0 Å². The maximum Gasteiger partial charge on any atom is 0.419 e. The highest BCUT2D eigenvalue weighted by Crippen LogP contribution is 2.39. The van der Waals surface area contributed by atoms with Crippen molar-refractivity contribution >= 4 is 6.09 Å². The van der Waals surface area contributed by atoms with Crippen LogP contribution in [0, 0.1) is 0 Å². The largest absolute Gasteiger partial charge is 0.488 e. The number of hydrogen-bond acceptors (Lipinski definition) is 5. The third-order valence-corrected chi connectivity index (χ3v) is 4.59. The van der Waals surface area contributed by atoms with Crippen molar-refractivity contribution in [2.24, 2.45) is 0 Å². The van der Waals surface area contributed by atoms with Crippen LogP contribution in [0.3, 0.4) is 0 Å². The lowest BCUT2D eigenvalue weighted by atomic mass is 10.0. The first-order valence-electron chi connectivity index (χ1n) is 11.1. The van der Waals surface area contributed by atoms with E-state index >= 15 is 0 Å². The zero-order valence-electron chi connectivity index (χ0n) is 20.4. The predicted molar refractivity (Wildman–Crippen MR) is 126 cm³/mol. The summed E-state index contributed by atoms with van der Waals surface area (Å²) >= 11 is 0. The van der Waals surface area contributed by atoms with E-state index in [1.165, 1.54) is 13.2 Å². The van der Waals surface area contributed by atoms with Crippen molar-refractivity contribution < 1.29 is 36.9 Å². The van der Waals surface area contributed by atoms with Crippen molar-refractivity contribution in [3.63, 3.8) is 0 Å². The number of hydrogen-bond donors (Lipinski definition) is 1. The molecule has 0 bridgehead atoms. The second-order valence-corrected chi connectivity index (χ2v) is 8.68. The van der Waals surface area contributed by atoms with Crippen molar-refractivity contribution in [2.45, 2.75) is 51.7 Å². The smallest absolute Gasteiger partial charge is 0.419 e. The molecule has 1 unspecified atom stereocenters. The molecule has 35 heavy (non-hydrogen) atoms. The van der Waals surface area contributed by atoms with Crippen LogP contribution in [0.1, 0.15) is 50.0 Å². The van der Waals surface area contributed by atoms with Crippen LogP contribution in [0.5, 0.6) is 5.75 Å². The number of halogens is 3. The molecule has 1 N–H and O–H groups in total.